The van der Waals surface area contributed by atoms with Crippen molar-refractivity contribution in [1.82, 2.24) is 0 Å². The highest BCUT2D eigenvalue weighted by Crippen LogP contribution is 2.21. The Morgan fingerprint density at radius 3 is 1.82 bits per heavy atom. The molecule has 0 bridgehead atoms. The SMILES string of the molecule is C[C@@H](COC(=O)c1ccc2ccccc2c1)[C@@H](OC(=O)c1ccc2ccccc2c1)[C@H](F)C=O. The number of hydrogen-bond donors (Lipinski definition) is 0. The highest BCUT2D eigenvalue weighted by atomic mass is 19.1. The molecule has 0 radical (unpaired) electrons. The van der Waals surface area contributed by atoms with Gasteiger partial charge in [-0.15, -0.1) is 0 Å². The Bertz CT molecular complexity index is 1350. The average Bonchev–Trinajstić information content (AvgIpc) is 2.88. The lowest BCUT2D eigenvalue weighted by Crippen LogP contribution is -2.37. The number of benzene rings is 4. The van der Waals surface area contributed by atoms with Crippen molar-refractivity contribution < 1.29 is 28.2 Å². The van der Waals surface area contributed by atoms with Crippen molar-refractivity contribution in [2.75, 3.05) is 6.61 Å². The van der Waals surface area contributed by atoms with Crippen molar-refractivity contribution in [3.8, 4) is 0 Å². The van der Waals surface area contributed by atoms with Crippen LogP contribution in [0.25, 0.3) is 21.5 Å². The van der Waals surface area contributed by atoms with Crippen molar-refractivity contribution in [2.24, 2.45) is 5.92 Å². The van der Waals surface area contributed by atoms with E-state index in [1.54, 1.807) is 37.3 Å². The van der Waals surface area contributed by atoms with Crippen LogP contribution in [0.5, 0.6) is 0 Å². The second-order valence-corrected chi connectivity index (χ2v) is 8.15. The Kier molecular flexibility index (Phi) is 6.97. The van der Waals surface area contributed by atoms with Crippen molar-refractivity contribution in [1.29, 1.82) is 0 Å². The summed E-state index contributed by atoms with van der Waals surface area (Å²) in [5.41, 5.74) is 0.588. The van der Waals surface area contributed by atoms with E-state index in [0.717, 1.165) is 21.5 Å². The third-order valence-electron chi connectivity index (χ3n) is 5.70. The van der Waals surface area contributed by atoms with E-state index in [2.05, 4.69) is 0 Å². The highest BCUT2D eigenvalue weighted by Gasteiger charge is 2.32. The highest BCUT2D eigenvalue weighted by molar-refractivity contribution is 5.96. The molecule has 0 aromatic heterocycles. The maximum atomic E-state index is 14.4. The molecule has 0 spiro atoms. The predicted octanol–water partition coefficient (Wildman–Crippen LogP) is 5.55. The normalized spacial score (nSPS) is 13.7. The minimum Gasteiger partial charge on any atom is -0.462 e. The Morgan fingerprint density at radius 2 is 1.29 bits per heavy atom. The first-order valence-corrected chi connectivity index (χ1v) is 10.9. The zero-order valence-corrected chi connectivity index (χ0v) is 18.5. The molecule has 0 heterocycles. The van der Waals surface area contributed by atoms with Gasteiger partial charge in [-0.25, -0.2) is 14.0 Å². The van der Waals surface area contributed by atoms with Crippen LogP contribution in [0.15, 0.2) is 84.9 Å². The van der Waals surface area contributed by atoms with Gasteiger partial charge < -0.3 is 9.47 Å². The number of carbonyl (C=O) groups excluding carboxylic acids is 3. The summed E-state index contributed by atoms with van der Waals surface area (Å²) in [5.74, 6) is -2.10. The van der Waals surface area contributed by atoms with Gasteiger partial charge in [0, 0.05) is 5.92 Å². The molecule has 3 atom stereocenters. The number of hydrogen-bond acceptors (Lipinski definition) is 5. The number of esters is 2. The fourth-order valence-electron chi connectivity index (χ4n) is 3.78. The molecule has 0 amide bonds. The summed E-state index contributed by atoms with van der Waals surface area (Å²) in [6.45, 7) is 1.33. The molecule has 172 valence electrons. The van der Waals surface area contributed by atoms with Crippen LogP contribution in [0, 0.1) is 5.92 Å². The first kappa shape index (κ1) is 23.1. The van der Waals surface area contributed by atoms with E-state index in [0.29, 0.717) is 5.56 Å². The van der Waals surface area contributed by atoms with Gasteiger partial charge >= 0.3 is 11.9 Å². The van der Waals surface area contributed by atoms with Gasteiger partial charge in [0.25, 0.3) is 0 Å². The molecule has 4 aromatic carbocycles. The minimum absolute atomic E-state index is 0.0833. The van der Waals surface area contributed by atoms with Crippen LogP contribution < -0.4 is 0 Å². The second-order valence-electron chi connectivity index (χ2n) is 8.15. The van der Waals surface area contributed by atoms with Crippen LogP contribution >= 0.6 is 0 Å². The molecule has 0 N–H and O–H groups in total. The maximum absolute atomic E-state index is 14.4. The van der Waals surface area contributed by atoms with Crippen LogP contribution in [0.3, 0.4) is 0 Å². The molecule has 0 unspecified atom stereocenters. The summed E-state index contributed by atoms with van der Waals surface area (Å²) in [4.78, 5) is 36.4. The third-order valence-corrected chi connectivity index (χ3v) is 5.70. The third kappa shape index (κ3) is 5.12. The number of ether oxygens (including phenoxy) is 2. The molecule has 34 heavy (non-hydrogen) atoms. The molecule has 0 aliphatic rings. The fourth-order valence-corrected chi connectivity index (χ4v) is 3.78. The molecule has 0 aliphatic carbocycles. The Morgan fingerprint density at radius 1 is 0.794 bits per heavy atom. The van der Waals surface area contributed by atoms with Gasteiger partial charge in [-0.1, -0.05) is 67.6 Å². The van der Waals surface area contributed by atoms with Gasteiger partial charge in [0.05, 0.1) is 17.7 Å². The standard InChI is InChI=1S/C28H23FO5/c1-18(17-33-27(31)23-12-10-19-6-2-4-8-21(19)14-23)26(25(29)16-30)34-28(32)24-13-11-20-7-3-5-9-22(20)15-24/h2-16,18,25-26H,17H2,1H3/t18-,25+,26+/m0/s1. The van der Waals surface area contributed by atoms with Gasteiger partial charge in [0.15, 0.2) is 12.5 Å². The first-order valence-electron chi connectivity index (χ1n) is 10.9. The molecule has 0 fully saturated rings. The van der Waals surface area contributed by atoms with Gasteiger partial charge in [0.1, 0.15) is 6.10 Å². The lowest BCUT2D eigenvalue weighted by Gasteiger charge is -2.24. The first-order chi connectivity index (χ1) is 16.5. The van der Waals surface area contributed by atoms with E-state index in [1.165, 1.54) is 0 Å². The smallest absolute Gasteiger partial charge is 0.338 e. The van der Waals surface area contributed by atoms with Crippen molar-refractivity contribution in [3.05, 3.63) is 96.1 Å². The van der Waals surface area contributed by atoms with Gasteiger partial charge in [-0.3, -0.25) is 4.79 Å². The van der Waals surface area contributed by atoms with E-state index in [1.807, 2.05) is 54.6 Å². The van der Waals surface area contributed by atoms with Crippen LogP contribution in [-0.4, -0.2) is 37.1 Å². The molecule has 0 aliphatic heterocycles. The monoisotopic (exact) mass is 458 g/mol. The van der Waals surface area contributed by atoms with E-state index >= 15 is 0 Å². The summed E-state index contributed by atoms with van der Waals surface area (Å²) in [6.07, 6.45) is -3.38. The summed E-state index contributed by atoms with van der Waals surface area (Å²) < 4.78 is 25.1. The van der Waals surface area contributed by atoms with Gasteiger partial charge in [0.2, 0.25) is 0 Å². The zero-order valence-electron chi connectivity index (χ0n) is 18.5. The lowest BCUT2D eigenvalue weighted by molar-refractivity contribution is -0.117. The molecule has 4 rings (SSSR count). The minimum atomic E-state index is -2.06. The van der Waals surface area contributed by atoms with Crippen LogP contribution in [0.4, 0.5) is 4.39 Å². The number of fused-ring (bicyclic) bond motifs is 2. The molecular weight excluding hydrogens is 435 g/mol. The summed E-state index contributed by atoms with van der Waals surface area (Å²) >= 11 is 0. The summed E-state index contributed by atoms with van der Waals surface area (Å²) in [7, 11) is 0. The predicted molar refractivity (Wildman–Crippen MR) is 128 cm³/mol. The zero-order chi connectivity index (χ0) is 24.1. The van der Waals surface area contributed by atoms with Crippen molar-refractivity contribution >= 4 is 39.8 Å². The van der Waals surface area contributed by atoms with Crippen LogP contribution in [0.2, 0.25) is 0 Å². The Balaban J connectivity index is 1.44. The van der Waals surface area contributed by atoms with Crippen LogP contribution in [-0.2, 0) is 14.3 Å². The topological polar surface area (TPSA) is 69.7 Å². The Hall–Kier alpha value is -4.06. The molecule has 6 heteroatoms. The summed E-state index contributed by atoms with van der Waals surface area (Å²) in [5, 5.41) is 3.65. The van der Waals surface area contributed by atoms with E-state index in [9.17, 15) is 18.8 Å². The van der Waals surface area contributed by atoms with Crippen LogP contribution in [0.1, 0.15) is 27.6 Å². The number of rotatable bonds is 8. The van der Waals surface area contributed by atoms with E-state index < -0.39 is 30.1 Å². The molecule has 0 saturated carbocycles. The number of carbonyl (C=O) groups is 3. The lowest BCUT2D eigenvalue weighted by atomic mass is 10.0. The number of alkyl halides is 1. The van der Waals surface area contributed by atoms with Crippen molar-refractivity contribution in [2.45, 2.75) is 19.2 Å². The Labute approximate surface area is 196 Å². The van der Waals surface area contributed by atoms with Crippen molar-refractivity contribution in [3.63, 3.8) is 0 Å². The quantitative estimate of drug-likeness (QED) is 0.256. The molecular formula is C28H23FO5. The second kappa shape index (κ2) is 10.3. The van der Waals surface area contributed by atoms with E-state index in [-0.39, 0.29) is 18.5 Å². The fraction of sp³-hybridized carbons (Fsp3) is 0.179. The number of halogens is 1. The molecule has 5 nitrogen and oxygen atoms in total. The molecule has 0 saturated heterocycles. The molecule has 4 aromatic rings. The largest absolute Gasteiger partial charge is 0.462 e. The van der Waals surface area contributed by atoms with E-state index in [4.69, 9.17) is 9.47 Å². The average molecular weight is 458 g/mol. The van der Waals surface area contributed by atoms with Gasteiger partial charge in [-0.2, -0.15) is 0 Å². The van der Waals surface area contributed by atoms with Gasteiger partial charge in [-0.05, 0) is 45.8 Å². The number of aldehydes is 1. The summed E-state index contributed by atoms with van der Waals surface area (Å²) in [6, 6.07) is 25.2. The maximum Gasteiger partial charge on any atom is 0.338 e.